The zero-order valence-electron chi connectivity index (χ0n) is 10.6. The average molecular weight is 321 g/mol. The number of hydrogen-bond donors (Lipinski definition) is 0. The molecule has 2 heterocycles. The highest BCUT2D eigenvalue weighted by Gasteiger charge is 2.33. The molecule has 2 aromatic heterocycles. The first-order valence-corrected chi connectivity index (χ1v) is 6.59. The Balaban J connectivity index is 2.23. The topological polar surface area (TPSA) is 38.7 Å². The van der Waals surface area contributed by atoms with Crippen LogP contribution < -0.4 is 0 Å². The molecule has 0 spiro atoms. The van der Waals surface area contributed by atoms with E-state index in [4.69, 9.17) is 0 Å². The number of aryl methyl sites for hydroxylation is 1. The number of nitrogens with zero attached hydrogens (tertiary/aromatic N) is 3. The third-order valence-corrected chi connectivity index (χ3v) is 3.30. The molecule has 0 amide bonds. The summed E-state index contributed by atoms with van der Waals surface area (Å²) < 4.78 is 64.6. The van der Waals surface area contributed by atoms with Gasteiger partial charge >= 0.3 is 6.18 Å². The summed E-state index contributed by atoms with van der Waals surface area (Å²) in [4.78, 5) is 10.5. The minimum absolute atomic E-state index is 0.121. The number of halogens is 5. The van der Waals surface area contributed by atoms with Crippen molar-refractivity contribution in [2.75, 3.05) is 0 Å². The Labute approximate surface area is 120 Å². The van der Waals surface area contributed by atoms with Gasteiger partial charge in [0, 0.05) is 17.0 Å². The summed E-state index contributed by atoms with van der Waals surface area (Å²) >= 11 is 0.716. The molecule has 0 aliphatic rings. The molecule has 0 bridgehead atoms. The normalized spacial score (nSPS) is 11.7. The van der Waals surface area contributed by atoms with Crippen molar-refractivity contribution >= 4 is 11.8 Å². The minimum Gasteiger partial charge on any atom is -0.259 e. The number of rotatable bonds is 3. The second kappa shape index (κ2) is 5.92. The summed E-state index contributed by atoms with van der Waals surface area (Å²) in [7, 11) is 0. The quantitative estimate of drug-likeness (QED) is 0.490. The van der Waals surface area contributed by atoms with Crippen LogP contribution in [0.2, 0.25) is 0 Å². The number of alkyl halides is 3. The van der Waals surface area contributed by atoms with E-state index in [9.17, 15) is 22.0 Å². The summed E-state index contributed by atoms with van der Waals surface area (Å²) in [5.41, 5.74) is -1.25. The average Bonchev–Trinajstić information content (AvgIpc) is 2.36. The van der Waals surface area contributed by atoms with Gasteiger partial charge in [0.1, 0.15) is 17.3 Å². The Kier molecular flexibility index (Phi) is 4.40. The maximum atomic E-state index is 13.4. The Morgan fingerprint density at radius 3 is 2.29 bits per heavy atom. The second-order valence-corrected chi connectivity index (χ2v) is 4.99. The lowest BCUT2D eigenvalue weighted by Crippen LogP contribution is -2.10. The van der Waals surface area contributed by atoms with Gasteiger partial charge in [-0.1, -0.05) is 11.8 Å². The van der Waals surface area contributed by atoms with Crippen LogP contribution in [0.3, 0.4) is 0 Å². The molecule has 0 saturated heterocycles. The van der Waals surface area contributed by atoms with Gasteiger partial charge < -0.3 is 0 Å². The zero-order chi connectivity index (χ0) is 15.6. The summed E-state index contributed by atoms with van der Waals surface area (Å²) in [5.74, 6) is -1.97. The van der Waals surface area contributed by atoms with Crippen LogP contribution in [0, 0.1) is 18.6 Å². The van der Waals surface area contributed by atoms with Crippen LogP contribution in [-0.4, -0.2) is 15.0 Å². The Morgan fingerprint density at radius 1 is 1.10 bits per heavy atom. The summed E-state index contributed by atoms with van der Waals surface area (Å²) in [5, 5.41) is -0.196. The maximum Gasteiger partial charge on any atom is 0.433 e. The highest BCUT2D eigenvalue weighted by atomic mass is 32.2. The molecule has 2 aromatic rings. The fourth-order valence-corrected chi connectivity index (χ4v) is 2.38. The molecule has 0 radical (unpaired) electrons. The number of aromatic nitrogens is 3. The molecule has 0 aliphatic heterocycles. The maximum absolute atomic E-state index is 13.4. The van der Waals surface area contributed by atoms with Crippen LogP contribution in [0.4, 0.5) is 22.0 Å². The number of thioether (sulfide) groups is 1. The molecule has 0 atom stereocenters. The Hall–Kier alpha value is -1.77. The van der Waals surface area contributed by atoms with E-state index in [1.165, 1.54) is 6.92 Å². The van der Waals surface area contributed by atoms with Crippen LogP contribution in [0.1, 0.15) is 17.0 Å². The summed E-state index contributed by atoms with van der Waals surface area (Å²) in [6.45, 7) is 1.38. The standard InChI is InChI=1S/C12H8F5N3S/c1-6-2-10(12(15,16)17)20-11(19-6)21-5-7-8(13)3-18-4-9(7)14/h2-4H,5H2,1H3. The van der Waals surface area contributed by atoms with Crippen molar-refractivity contribution < 1.29 is 22.0 Å². The van der Waals surface area contributed by atoms with Crippen LogP contribution in [0.15, 0.2) is 23.6 Å². The fraction of sp³-hybridized carbons (Fsp3) is 0.250. The van der Waals surface area contributed by atoms with Crippen molar-refractivity contribution in [2.45, 2.75) is 24.0 Å². The molecular weight excluding hydrogens is 313 g/mol. The van der Waals surface area contributed by atoms with Crippen molar-refractivity contribution in [3.05, 3.63) is 47.0 Å². The van der Waals surface area contributed by atoms with Crippen molar-refractivity contribution in [3.63, 3.8) is 0 Å². The van der Waals surface area contributed by atoms with E-state index < -0.39 is 23.5 Å². The minimum atomic E-state index is -4.60. The molecule has 0 fully saturated rings. The van der Waals surface area contributed by atoms with Gasteiger partial charge in [0.2, 0.25) is 0 Å². The lowest BCUT2D eigenvalue weighted by Gasteiger charge is -2.09. The highest BCUT2D eigenvalue weighted by molar-refractivity contribution is 7.98. The first kappa shape index (κ1) is 15.6. The third-order valence-electron chi connectivity index (χ3n) is 2.42. The Bertz CT molecular complexity index is 640. The molecule has 0 unspecified atom stereocenters. The molecule has 0 aromatic carbocycles. The molecule has 21 heavy (non-hydrogen) atoms. The predicted octanol–water partition coefficient (Wildman–Crippen LogP) is 3.77. The number of pyridine rings is 1. The first-order chi connectivity index (χ1) is 9.77. The van der Waals surface area contributed by atoms with Crippen LogP contribution >= 0.6 is 11.8 Å². The fourth-order valence-electron chi connectivity index (χ4n) is 1.46. The Morgan fingerprint density at radius 2 is 1.71 bits per heavy atom. The van der Waals surface area contributed by atoms with E-state index >= 15 is 0 Å². The number of hydrogen-bond acceptors (Lipinski definition) is 4. The van der Waals surface area contributed by atoms with Gasteiger partial charge in [-0.25, -0.2) is 18.7 Å². The van der Waals surface area contributed by atoms with E-state index in [-0.39, 0.29) is 22.2 Å². The van der Waals surface area contributed by atoms with Crippen LogP contribution in [0.25, 0.3) is 0 Å². The van der Waals surface area contributed by atoms with E-state index in [0.29, 0.717) is 11.8 Å². The lowest BCUT2D eigenvalue weighted by molar-refractivity contribution is -0.141. The van der Waals surface area contributed by atoms with Gasteiger partial charge in [-0.2, -0.15) is 13.2 Å². The summed E-state index contributed by atoms with van der Waals surface area (Å²) in [6, 6.07) is 0.803. The highest BCUT2D eigenvalue weighted by Crippen LogP contribution is 2.30. The first-order valence-electron chi connectivity index (χ1n) is 5.61. The van der Waals surface area contributed by atoms with Crippen molar-refractivity contribution in [1.29, 1.82) is 0 Å². The van der Waals surface area contributed by atoms with Gasteiger partial charge in [-0.15, -0.1) is 0 Å². The monoisotopic (exact) mass is 321 g/mol. The van der Waals surface area contributed by atoms with Gasteiger partial charge in [-0.3, -0.25) is 4.98 Å². The molecule has 2 rings (SSSR count). The molecule has 112 valence electrons. The molecule has 0 aliphatic carbocycles. The largest absolute Gasteiger partial charge is 0.433 e. The third kappa shape index (κ3) is 3.87. The van der Waals surface area contributed by atoms with Crippen LogP contribution in [0.5, 0.6) is 0 Å². The molecule has 9 heteroatoms. The molecule has 3 nitrogen and oxygen atoms in total. The van der Waals surface area contributed by atoms with E-state index in [2.05, 4.69) is 15.0 Å². The van der Waals surface area contributed by atoms with Crippen LogP contribution in [-0.2, 0) is 11.9 Å². The van der Waals surface area contributed by atoms with Gasteiger partial charge in [-0.05, 0) is 13.0 Å². The summed E-state index contributed by atoms with van der Waals surface area (Å²) in [6.07, 6.45) is -2.94. The predicted molar refractivity (Wildman–Crippen MR) is 65.5 cm³/mol. The van der Waals surface area contributed by atoms with Crippen molar-refractivity contribution in [2.24, 2.45) is 0 Å². The van der Waals surface area contributed by atoms with Gasteiger partial charge in [0.25, 0.3) is 0 Å². The van der Waals surface area contributed by atoms with Gasteiger partial charge in [0.15, 0.2) is 5.16 Å². The molecule has 0 saturated carbocycles. The molecule has 0 N–H and O–H groups in total. The molecular formula is C12H8F5N3S. The smallest absolute Gasteiger partial charge is 0.259 e. The van der Waals surface area contributed by atoms with Crippen molar-refractivity contribution in [3.8, 4) is 0 Å². The lowest BCUT2D eigenvalue weighted by atomic mass is 10.3. The van der Waals surface area contributed by atoms with Crippen molar-refractivity contribution in [1.82, 2.24) is 15.0 Å². The van der Waals surface area contributed by atoms with E-state index in [1.54, 1.807) is 0 Å². The van der Waals surface area contributed by atoms with Gasteiger partial charge in [0.05, 0.1) is 12.4 Å². The van der Waals surface area contributed by atoms with E-state index in [1.807, 2.05) is 0 Å². The SMILES string of the molecule is Cc1cc(C(F)(F)F)nc(SCc2c(F)cncc2F)n1. The second-order valence-electron chi connectivity index (χ2n) is 4.05. The zero-order valence-corrected chi connectivity index (χ0v) is 11.4. The van der Waals surface area contributed by atoms with E-state index in [0.717, 1.165) is 18.5 Å².